The Balaban J connectivity index is 1.92. The molecule has 1 aromatic heterocycles. The normalized spacial score (nSPS) is 11.3. The van der Waals surface area contributed by atoms with Crippen molar-refractivity contribution in [2.45, 2.75) is 13.3 Å². The average molecular weight is 272 g/mol. The van der Waals surface area contributed by atoms with Crippen molar-refractivity contribution in [2.75, 3.05) is 0 Å². The third-order valence-corrected chi connectivity index (χ3v) is 3.97. The summed E-state index contributed by atoms with van der Waals surface area (Å²) in [4.78, 5) is 0. The minimum atomic E-state index is 0.900. The predicted molar refractivity (Wildman–Crippen MR) is 87.7 cm³/mol. The molecule has 1 heteroatoms. The first-order valence-electron chi connectivity index (χ1n) is 7.26. The molecule has 0 unspecified atom stereocenters. The molecule has 4 rings (SSSR count). The summed E-state index contributed by atoms with van der Waals surface area (Å²) in [7, 11) is 0. The molecule has 0 spiro atoms. The summed E-state index contributed by atoms with van der Waals surface area (Å²) < 4.78 is 6.11. The summed E-state index contributed by atoms with van der Waals surface area (Å²) in [5, 5.41) is 2.42. The van der Waals surface area contributed by atoms with Gasteiger partial charge in [-0.2, -0.15) is 0 Å². The lowest BCUT2D eigenvalue weighted by Gasteiger charge is -2.02. The Morgan fingerprint density at radius 1 is 0.810 bits per heavy atom. The van der Waals surface area contributed by atoms with Crippen molar-refractivity contribution in [1.29, 1.82) is 0 Å². The second kappa shape index (κ2) is 4.78. The molecule has 3 aromatic carbocycles. The van der Waals surface area contributed by atoms with Crippen LogP contribution in [0.2, 0.25) is 0 Å². The van der Waals surface area contributed by atoms with Crippen LogP contribution in [0.4, 0.5) is 0 Å². The Bertz CT molecular complexity index is 917. The fourth-order valence-electron chi connectivity index (χ4n) is 2.93. The summed E-state index contributed by atoms with van der Waals surface area (Å²) in [5.41, 5.74) is 5.80. The van der Waals surface area contributed by atoms with Crippen LogP contribution in [0.15, 0.2) is 71.1 Å². The van der Waals surface area contributed by atoms with Gasteiger partial charge in [-0.05, 0) is 30.2 Å². The van der Waals surface area contributed by atoms with Crippen molar-refractivity contribution in [2.24, 2.45) is 0 Å². The monoisotopic (exact) mass is 272 g/mol. The van der Waals surface area contributed by atoms with Gasteiger partial charge >= 0.3 is 0 Å². The maximum Gasteiger partial charge on any atom is 0.138 e. The maximum absolute atomic E-state index is 6.11. The van der Waals surface area contributed by atoms with Gasteiger partial charge < -0.3 is 4.42 Å². The Kier molecular flexibility index (Phi) is 2.78. The molecule has 0 aliphatic carbocycles. The quantitative estimate of drug-likeness (QED) is 0.470. The molecule has 0 N–H and O–H groups in total. The zero-order valence-electron chi connectivity index (χ0n) is 12.0. The fraction of sp³-hybridized carbons (Fsp3) is 0.100. The van der Waals surface area contributed by atoms with Crippen LogP contribution in [0.1, 0.15) is 16.7 Å². The molecule has 21 heavy (non-hydrogen) atoms. The van der Waals surface area contributed by atoms with E-state index < -0.39 is 0 Å². The Hall–Kier alpha value is -2.54. The molecule has 102 valence electrons. The molecule has 0 saturated carbocycles. The van der Waals surface area contributed by atoms with E-state index in [-0.39, 0.29) is 0 Å². The molecule has 0 radical (unpaired) electrons. The molecule has 0 amide bonds. The van der Waals surface area contributed by atoms with Crippen LogP contribution in [-0.2, 0) is 6.42 Å². The van der Waals surface area contributed by atoms with E-state index in [1.807, 2.05) is 6.07 Å². The van der Waals surface area contributed by atoms with Crippen LogP contribution >= 0.6 is 0 Å². The summed E-state index contributed by atoms with van der Waals surface area (Å²) in [5.74, 6) is 0. The van der Waals surface area contributed by atoms with Crippen molar-refractivity contribution in [1.82, 2.24) is 0 Å². The van der Waals surface area contributed by atoms with Gasteiger partial charge in [0.25, 0.3) is 0 Å². The molecular formula is C20H16O. The van der Waals surface area contributed by atoms with Crippen molar-refractivity contribution < 1.29 is 4.42 Å². The highest BCUT2D eigenvalue weighted by Gasteiger charge is 2.10. The lowest BCUT2D eigenvalue weighted by Crippen LogP contribution is -1.87. The summed E-state index contributed by atoms with van der Waals surface area (Å²) in [6.07, 6.45) is 0.900. The molecule has 0 bridgehead atoms. The first-order valence-corrected chi connectivity index (χ1v) is 7.26. The lowest BCUT2D eigenvalue weighted by atomic mass is 10.0. The number of furan rings is 1. The van der Waals surface area contributed by atoms with Gasteiger partial charge in [0.2, 0.25) is 0 Å². The number of hydrogen-bond donors (Lipinski definition) is 0. The number of para-hydroxylation sites is 1. The average Bonchev–Trinajstić information content (AvgIpc) is 2.88. The maximum atomic E-state index is 6.11. The lowest BCUT2D eigenvalue weighted by molar-refractivity contribution is 0.664. The molecule has 0 saturated heterocycles. The van der Waals surface area contributed by atoms with Gasteiger partial charge in [-0.15, -0.1) is 0 Å². The topological polar surface area (TPSA) is 13.1 Å². The zero-order valence-corrected chi connectivity index (χ0v) is 12.0. The van der Waals surface area contributed by atoms with Crippen LogP contribution < -0.4 is 0 Å². The van der Waals surface area contributed by atoms with E-state index in [1.54, 1.807) is 0 Å². The van der Waals surface area contributed by atoms with Crippen molar-refractivity contribution in [3.05, 3.63) is 83.4 Å². The van der Waals surface area contributed by atoms with Gasteiger partial charge in [-0.3, -0.25) is 0 Å². The summed E-state index contributed by atoms with van der Waals surface area (Å²) >= 11 is 0. The minimum absolute atomic E-state index is 0.900. The van der Waals surface area contributed by atoms with E-state index in [1.165, 1.54) is 27.5 Å². The highest BCUT2D eigenvalue weighted by molar-refractivity contribution is 6.06. The molecule has 0 atom stereocenters. The molecule has 0 aliphatic rings. The van der Waals surface area contributed by atoms with Crippen molar-refractivity contribution in [3.63, 3.8) is 0 Å². The number of aryl methyl sites for hydroxylation is 1. The fourth-order valence-corrected chi connectivity index (χ4v) is 2.93. The Morgan fingerprint density at radius 2 is 1.67 bits per heavy atom. The van der Waals surface area contributed by atoms with E-state index in [0.717, 1.165) is 17.6 Å². The van der Waals surface area contributed by atoms with Crippen molar-refractivity contribution >= 4 is 21.9 Å². The molecule has 1 nitrogen and oxygen atoms in total. The molecule has 1 heterocycles. The molecule has 0 aliphatic heterocycles. The van der Waals surface area contributed by atoms with E-state index in [0.29, 0.717) is 0 Å². The zero-order chi connectivity index (χ0) is 14.2. The highest BCUT2D eigenvalue weighted by atomic mass is 16.3. The Labute approximate surface area is 123 Å². The first-order chi connectivity index (χ1) is 10.3. The molecule has 4 aromatic rings. The van der Waals surface area contributed by atoms with Gasteiger partial charge in [-0.25, -0.2) is 0 Å². The van der Waals surface area contributed by atoms with E-state index in [4.69, 9.17) is 4.42 Å². The van der Waals surface area contributed by atoms with Crippen LogP contribution in [-0.4, -0.2) is 0 Å². The smallest absolute Gasteiger partial charge is 0.138 e. The molecule has 0 fully saturated rings. The van der Waals surface area contributed by atoms with Gasteiger partial charge in [0.05, 0.1) is 0 Å². The second-order valence-corrected chi connectivity index (χ2v) is 5.56. The number of rotatable bonds is 2. The van der Waals surface area contributed by atoms with Gasteiger partial charge in [0.15, 0.2) is 0 Å². The third-order valence-electron chi connectivity index (χ3n) is 3.97. The van der Waals surface area contributed by atoms with Gasteiger partial charge in [-0.1, -0.05) is 60.2 Å². The minimum Gasteiger partial charge on any atom is -0.456 e. The van der Waals surface area contributed by atoms with Crippen LogP contribution in [0.5, 0.6) is 0 Å². The van der Waals surface area contributed by atoms with Gasteiger partial charge in [0, 0.05) is 17.2 Å². The summed E-state index contributed by atoms with van der Waals surface area (Å²) in [6, 6.07) is 23.3. The van der Waals surface area contributed by atoms with Gasteiger partial charge in [0.1, 0.15) is 11.2 Å². The van der Waals surface area contributed by atoms with Crippen LogP contribution in [0.25, 0.3) is 21.9 Å². The Morgan fingerprint density at radius 3 is 2.52 bits per heavy atom. The number of hydrogen-bond acceptors (Lipinski definition) is 1. The van der Waals surface area contributed by atoms with E-state index in [9.17, 15) is 0 Å². The second-order valence-electron chi connectivity index (χ2n) is 5.56. The predicted octanol–water partition coefficient (Wildman–Crippen LogP) is 5.49. The largest absolute Gasteiger partial charge is 0.456 e. The van der Waals surface area contributed by atoms with Crippen LogP contribution in [0, 0.1) is 6.92 Å². The van der Waals surface area contributed by atoms with E-state index in [2.05, 4.69) is 67.6 Å². The SMILES string of the molecule is Cc1ccc2oc3c(Cc4ccccc4)cccc3c2c1. The summed E-state index contributed by atoms with van der Waals surface area (Å²) in [6.45, 7) is 2.12. The molecular weight excluding hydrogens is 256 g/mol. The van der Waals surface area contributed by atoms with E-state index >= 15 is 0 Å². The van der Waals surface area contributed by atoms with Crippen LogP contribution in [0.3, 0.4) is 0 Å². The standard InChI is InChI=1S/C20H16O/c1-14-10-11-19-18(12-14)17-9-5-8-16(20(17)21-19)13-15-6-3-2-4-7-15/h2-12H,13H2,1H3. The third kappa shape index (κ3) is 2.11. The van der Waals surface area contributed by atoms with Crippen molar-refractivity contribution in [3.8, 4) is 0 Å². The number of fused-ring (bicyclic) bond motifs is 3. The highest BCUT2D eigenvalue weighted by Crippen LogP contribution is 2.32. The number of benzene rings is 3. The first kappa shape index (κ1) is 12.2.